The van der Waals surface area contributed by atoms with Gasteiger partial charge in [0.05, 0.1) is 5.54 Å². The average molecular weight is 225 g/mol. The number of hydrogen-bond donors (Lipinski definition) is 1. The third-order valence-electron chi connectivity index (χ3n) is 2.86. The van der Waals surface area contributed by atoms with Crippen LogP contribution in [-0.4, -0.2) is 24.5 Å². The first kappa shape index (κ1) is 10.8. The van der Waals surface area contributed by atoms with Gasteiger partial charge in [0.15, 0.2) is 5.78 Å². The summed E-state index contributed by atoms with van der Waals surface area (Å²) in [4.78, 5) is 13.1. The van der Waals surface area contributed by atoms with E-state index in [-0.39, 0.29) is 5.78 Å². The first-order valence-corrected chi connectivity index (χ1v) is 6.01. The molecule has 0 radical (unpaired) electrons. The summed E-state index contributed by atoms with van der Waals surface area (Å²) in [6.45, 7) is 1.21. The molecule has 1 fully saturated rings. The third kappa shape index (κ3) is 2.45. The highest BCUT2D eigenvalue weighted by atomic mass is 32.1. The number of nitrogens with two attached hydrogens (primary N) is 1. The van der Waals surface area contributed by atoms with Crippen molar-refractivity contribution in [2.45, 2.75) is 24.8 Å². The van der Waals surface area contributed by atoms with Crippen molar-refractivity contribution in [2.75, 3.05) is 13.2 Å². The maximum absolute atomic E-state index is 12.0. The van der Waals surface area contributed by atoms with E-state index in [0.29, 0.717) is 32.5 Å². The molecule has 0 unspecified atom stereocenters. The molecular formula is C11H15NO2S. The number of Topliss-reactive ketones (excluding diaryl/α,β-unsaturated/α-hetero) is 1. The number of thiophene rings is 1. The lowest BCUT2D eigenvalue weighted by molar-refractivity contribution is -0.126. The van der Waals surface area contributed by atoms with E-state index in [1.54, 1.807) is 11.3 Å². The van der Waals surface area contributed by atoms with Gasteiger partial charge in [-0.1, -0.05) is 6.07 Å². The Hall–Kier alpha value is -0.710. The van der Waals surface area contributed by atoms with Crippen molar-refractivity contribution in [1.82, 2.24) is 0 Å². The largest absolute Gasteiger partial charge is 0.381 e. The van der Waals surface area contributed by atoms with Crippen LogP contribution in [0.3, 0.4) is 0 Å². The summed E-state index contributed by atoms with van der Waals surface area (Å²) in [5.41, 5.74) is 5.44. The Bertz CT molecular complexity index is 328. The van der Waals surface area contributed by atoms with E-state index in [9.17, 15) is 4.79 Å². The second-order valence-corrected chi connectivity index (χ2v) is 4.98. The third-order valence-corrected chi connectivity index (χ3v) is 3.73. The van der Waals surface area contributed by atoms with Crippen molar-refractivity contribution in [2.24, 2.45) is 5.73 Å². The van der Waals surface area contributed by atoms with Crippen LogP contribution in [-0.2, 0) is 16.0 Å². The van der Waals surface area contributed by atoms with Crippen LogP contribution in [0.1, 0.15) is 17.7 Å². The number of ketones is 1. The standard InChI is InChI=1S/C11H15NO2S/c12-11(3-5-14-6-4-11)10(13)8-9-2-1-7-15-9/h1-2,7H,3-6,8,12H2. The van der Waals surface area contributed by atoms with Gasteiger partial charge in [-0.05, 0) is 24.3 Å². The smallest absolute Gasteiger partial charge is 0.157 e. The molecule has 1 aromatic rings. The van der Waals surface area contributed by atoms with Crippen LogP contribution in [0.2, 0.25) is 0 Å². The van der Waals surface area contributed by atoms with E-state index in [4.69, 9.17) is 10.5 Å². The summed E-state index contributed by atoms with van der Waals surface area (Å²) in [6.07, 6.45) is 1.77. The highest BCUT2D eigenvalue weighted by molar-refractivity contribution is 7.10. The van der Waals surface area contributed by atoms with Gasteiger partial charge in [-0.15, -0.1) is 11.3 Å². The Kier molecular flexibility index (Phi) is 3.19. The van der Waals surface area contributed by atoms with E-state index < -0.39 is 5.54 Å². The quantitative estimate of drug-likeness (QED) is 0.845. The fourth-order valence-electron chi connectivity index (χ4n) is 1.76. The van der Waals surface area contributed by atoms with E-state index in [0.717, 1.165) is 4.88 Å². The molecule has 0 spiro atoms. The first-order valence-electron chi connectivity index (χ1n) is 5.13. The molecule has 1 saturated heterocycles. The van der Waals surface area contributed by atoms with Gasteiger partial charge >= 0.3 is 0 Å². The summed E-state index contributed by atoms with van der Waals surface area (Å²) < 4.78 is 5.22. The van der Waals surface area contributed by atoms with E-state index in [1.165, 1.54) is 0 Å². The van der Waals surface area contributed by atoms with E-state index in [1.807, 2.05) is 17.5 Å². The van der Waals surface area contributed by atoms with Gasteiger partial charge < -0.3 is 10.5 Å². The second kappa shape index (κ2) is 4.43. The summed E-state index contributed by atoms with van der Waals surface area (Å²) >= 11 is 1.61. The summed E-state index contributed by atoms with van der Waals surface area (Å²) in [5, 5.41) is 1.98. The lowest BCUT2D eigenvalue weighted by atomic mass is 9.85. The maximum Gasteiger partial charge on any atom is 0.157 e. The summed E-state index contributed by atoms with van der Waals surface area (Å²) in [6, 6.07) is 3.94. The molecule has 1 aliphatic rings. The van der Waals surface area contributed by atoms with Gasteiger partial charge in [-0.25, -0.2) is 0 Å². The molecule has 82 valence electrons. The average Bonchev–Trinajstić information content (AvgIpc) is 2.71. The lowest BCUT2D eigenvalue weighted by Gasteiger charge is -2.31. The molecule has 0 saturated carbocycles. The molecule has 0 aliphatic carbocycles. The minimum Gasteiger partial charge on any atom is -0.381 e. The molecular weight excluding hydrogens is 210 g/mol. The number of ether oxygens (including phenoxy) is 1. The van der Waals surface area contributed by atoms with Crippen LogP contribution in [0.5, 0.6) is 0 Å². The van der Waals surface area contributed by atoms with Gasteiger partial charge in [0, 0.05) is 24.5 Å². The predicted octanol–water partition coefficient (Wildman–Crippen LogP) is 1.37. The fourth-order valence-corrected chi connectivity index (χ4v) is 2.47. The zero-order valence-electron chi connectivity index (χ0n) is 8.57. The second-order valence-electron chi connectivity index (χ2n) is 3.95. The highest BCUT2D eigenvalue weighted by Crippen LogP contribution is 2.21. The molecule has 0 bridgehead atoms. The van der Waals surface area contributed by atoms with Crippen LogP contribution < -0.4 is 5.73 Å². The zero-order chi connectivity index (χ0) is 10.7. The van der Waals surface area contributed by atoms with Gasteiger partial charge in [0.2, 0.25) is 0 Å². The minimum atomic E-state index is -0.651. The Balaban J connectivity index is 2.00. The highest BCUT2D eigenvalue weighted by Gasteiger charge is 2.35. The number of hydrogen-bond acceptors (Lipinski definition) is 4. The number of carbonyl (C=O) groups excluding carboxylic acids is 1. The van der Waals surface area contributed by atoms with Crippen LogP contribution in [0.15, 0.2) is 17.5 Å². The van der Waals surface area contributed by atoms with Crippen LogP contribution >= 0.6 is 11.3 Å². The molecule has 0 amide bonds. The summed E-state index contributed by atoms with van der Waals surface area (Å²) in [7, 11) is 0. The minimum absolute atomic E-state index is 0.147. The topological polar surface area (TPSA) is 52.3 Å². The van der Waals surface area contributed by atoms with Crippen LogP contribution in [0.4, 0.5) is 0 Å². The van der Waals surface area contributed by atoms with Crippen molar-refractivity contribution in [3.05, 3.63) is 22.4 Å². The Morgan fingerprint density at radius 1 is 1.53 bits per heavy atom. The Morgan fingerprint density at radius 3 is 2.87 bits per heavy atom. The Morgan fingerprint density at radius 2 is 2.27 bits per heavy atom. The van der Waals surface area contributed by atoms with Gasteiger partial charge in [-0.3, -0.25) is 4.79 Å². The predicted molar refractivity (Wildman–Crippen MR) is 60.0 cm³/mol. The fraction of sp³-hybridized carbons (Fsp3) is 0.545. The molecule has 2 N–H and O–H groups in total. The molecule has 15 heavy (non-hydrogen) atoms. The van der Waals surface area contributed by atoms with Gasteiger partial charge in [-0.2, -0.15) is 0 Å². The maximum atomic E-state index is 12.0. The molecule has 0 atom stereocenters. The molecule has 2 rings (SSSR count). The molecule has 1 aliphatic heterocycles. The zero-order valence-corrected chi connectivity index (χ0v) is 9.39. The van der Waals surface area contributed by atoms with Crippen molar-refractivity contribution in [1.29, 1.82) is 0 Å². The summed E-state index contributed by atoms with van der Waals surface area (Å²) in [5.74, 6) is 0.147. The monoisotopic (exact) mass is 225 g/mol. The molecule has 2 heterocycles. The van der Waals surface area contributed by atoms with E-state index in [2.05, 4.69) is 0 Å². The SMILES string of the molecule is NC1(C(=O)Cc2cccs2)CCOCC1. The van der Waals surface area contributed by atoms with Gasteiger partial charge in [0.1, 0.15) is 0 Å². The number of rotatable bonds is 3. The van der Waals surface area contributed by atoms with Crippen LogP contribution in [0, 0.1) is 0 Å². The molecule has 1 aromatic heterocycles. The lowest BCUT2D eigenvalue weighted by Crippen LogP contribution is -2.52. The Labute approximate surface area is 93.2 Å². The first-order chi connectivity index (χ1) is 7.21. The van der Waals surface area contributed by atoms with Crippen LogP contribution in [0.25, 0.3) is 0 Å². The number of carbonyl (C=O) groups is 1. The van der Waals surface area contributed by atoms with Gasteiger partial charge in [0.25, 0.3) is 0 Å². The van der Waals surface area contributed by atoms with Crippen molar-refractivity contribution < 1.29 is 9.53 Å². The van der Waals surface area contributed by atoms with Crippen molar-refractivity contribution in [3.8, 4) is 0 Å². The van der Waals surface area contributed by atoms with Crippen molar-refractivity contribution in [3.63, 3.8) is 0 Å². The van der Waals surface area contributed by atoms with E-state index >= 15 is 0 Å². The normalized spacial score (nSPS) is 20.1. The van der Waals surface area contributed by atoms with Crippen molar-refractivity contribution >= 4 is 17.1 Å². The molecule has 3 nitrogen and oxygen atoms in total. The molecule has 4 heteroatoms. The molecule has 0 aromatic carbocycles.